The number of carbonyl (C=O) groups is 1. The average Bonchev–Trinajstić information content (AvgIpc) is 2.27. The molecule has 2 rings (SSSR count). The Hall–Kier alpha value is -1.09. The van der Waals surface area contributed by atoms with Gasteiger partial charge in [0.05, 0.1) is 0 Å². The van der Waals surface area contributed by atoms with Crippen molar-refractivity contribution in [2.45, 2.75) is 25.3 Å². The molecule has 0 spiro atoms. The summed E-state index contributed by atoms with van der Waals surface area (Å²) in [5, 5.41) is 2.81. The highest BCUT2D eigenvalue weighted by molar-refractivity contribution is 6.04. The van der Waals surface area contributed by atoms with Crippen LogP contribution >= 0.6 is 0 Å². The maximum absolute atomic E-state index is 10.6. The minimum atomic E-state index is 0.249. The number of nitrogens with one attached hydrogen (secondary N) is 1. The molecule has 1 aliphatic rings. The molecule has 2 nitrogen and oxygen atoms in total. The molecule has 70 valence electrons. The normalized spacial score (nSPS) is 20.1. The highest BCUT2D eigenvalue weighted by atomic mass is 16.1. The quantitative estimate of drug-likeness (QED) is 0.559. The number of carbonyl (C=O) groups excluding carboxylic acids is 1. The Morgan fingerprint density at radius 2 is 2.36 bits per heavy atom. The first-order chi connectivity index (χ1) is 6.85. The van der Waals surface area contributed by atoms with E-state index in [2.05, 4.69) is 5.23 Å². The fraction of sp³-hybridized carbons (Fsp3) is 0.364. The first-order valence-corrected chi connectivity index (χ1v) is 4.89. The molecule has 0 amide bonds. The van der Waals surface area contributed by atoms with Crippen molar-refractivity contribution in [2.24, 2.45) is 0 Å². The lowest BCUT2D eigenvalue weighted by Gasteiger charge is -2.25. The van der Waals surface area contributed by atoms with Gasteiger partial charge in [0.15, 0.2) is 7.98 Å². The van der Waals surface area contributed by atoms with Crippen LogP contribution in [-0.4, -0.2) is 14.3 Å². The monoisotopic (exact) mass is 185 g/mol. The average molecular weight is 185 g/mol. The summed E-state index contributed by atoms with van der Waals surface area (Å²) in [5.74, 6) is 0. The van der Waals surface area contributed by atoms with Crippen molar-refractivity contribution in [3.8, 4) is 0 Å². The Bertz CT molecular complexity index is 351. The summed E-state index contributed by atoms with van der Waals surface area (Å²) >= 11 is 0. The zero-order valence-electron chi connectivity index (χ0n) is 7.99. The van der Waals surface area contributed by atoms with Crippen LogP contribution in [0.1, 0.15) is 40.4 Å². The molecule has 1 aromatic carbocycles. The van der Waals surface area contributed by atoms with E-state index >= 15 is 0 Å². The number of benzene rings is 1. The van der Waals surface area contributed by atoms with E-state index in [-0.39, 0.29) is 6.04 Å². The topological polar surface area (TPSA) is 29.1 Å². The maximum atomic E-state index is 10.6. The third kappa shape index (κ3) is 1.60. The number of fused-ring (bicyclic) bond motifs is 1. The first-order valence-electron chi connectivity index (χ1n) is 4.89. The predicted molar refractivity (Wildman–Crippen MR) is 56.4 cm³/mol. The van der Waals surface area contributed by atoms with Crippen LogP contribution in [0.25, 0.3) is 0 Å². The van der Waals surface area contributed by atoms with Crippen LogP contribution in [-0.2, 0) is 6.42 Å². The van der Waals surface area contributed by atoms with Crippen LogP contribution in [0.5, 0.6) is 0 Å². The minimum Gasteiger partial charge on any atom is -0.360 e. The van der Waals surface area contributed by atoms with E-state index in [9.17, 15) is 4.79 Å². The number of aldehydes is 1. The van der Waals surface area contributed by atoms with E-state index < -0.39 is 0 Å². The van der Waals surface area contributed by atoms with Crippen molar-refractivity contribution in [3.63, 3.8) is 0 Å². The molecule has 0 aromatic heterocycles. The lowest BCUT2D eigenvalue weighted by atomic mass is 9.86. The first kappa shape index (κ1) is 9.47. The van der Waals surface area contributed by atoms with Crippen LogP contribution in [0.4, 0.5) is 0 Å². The van der Waals surface area contributed by atoms with Gasteiger partial charge in [0.25, 0.3) is 0 Å². The van der Waals surface area contributed by atoms with E-state index in [0.717, 1.165) is 31.1 Å². The Morgan fingerprint density at radius 1 is 1.50 bits per heavy atom. The highest BCUT2D eigenvalue weighted by Gasteiger charge is 2.17. The van der Waals surface area contributed by atoms with Crippen LogP contribution in [0.3, 0.4) is 0 Å². The van der Waals surface area contributed by atoms with Crippen LogP contribution in [0.2, 0.25) is 0 Å². The second-order valence-electron chi connectivity index (χ2n) is 3.69. The molecule has 0 aliphatic heterocycles. The van der Waals surface area contributed by atoms with Crippen molar-refractivity contribution in [2.75, 3.05) is 0 Å². The molecule has 1 N–H and O–H groups in total. The smallest absolute Gasteiger partial charge is 0.178 e. The van der Waals surface area contributed by atoms with Crippen molar-refractivity contribution in [1.29, 1.82) is 0 Å². The molecule has 0 fully saturated rings. The van der Waals surface area contributed by atoms with Gasteiger partial charge in [0.1, 0.15) is 6.29 Å². The standard InChI is InChI=1S/C11H12BNO/c12-13-11-3-1-2-9-6-8(7-14)4-5-10(9)11/h4-7,11,13H,1-3H2/t11-/m1/s1. The second-order valence-corrected chi connectivity index (χ2v) is 3.69. The van der Waals surface area contributed by atoms with E-state index in [4.69, 9.17) is 7.98 Å². The molecule has 0 unspecified atom stereocenters. The highest BCUT2D eigenvalue weighted by Crippen LogP contribution is 2.29. The summed E-state index contributed by atoms with van der Waals surface area (Å²) in [6.07, 6.45) is 4.14. The molecule has 14 heavy (non-hydrogen) atoms. The predicted octanol–water partition coefficient (Wildman–Crippen LogP) is 1.55. The molecule has 0 heterocycles. The van der Waals surface area contributed by atoms with Gasteiger partial charge in [-0.2, -0.15) is 0 Å². The van der Waals surface area contributed by atoms with Gasteiger partial charge in [-0.1, -0.05) is 12.1 Å². The maximum Gasteiger partial charge on any atom is 0.178 e. The lowest BCUT2D eigenvalue weighted by Crippen LogP contribution is -2.22. The van der Waals surface area contributed by atoms with E-state index in [1.165, 1.54) is 11.1 Å². The van der Waals surface area contributed by atoms with Crippen LogP contribution in [0.15, 0.2) is 18.2 Å². The van der Waals surface area contributed by atoms with Crippen LogP contribution in [0, 0.1) is 0 Å². The molecule has 1 atom stereocenters. The summed E-state index contributed by atoms with van der Waals surface area (Å²) in [6.45, 7) is 0. The number of aryl methyl sites for hydroxylation is 1. The molecule has 0 bridgehead atoms. The van der Waals surface area contributed by atoms with Crippen molar-refractivity contribution >= 4 is 14.3 Å². The SMILES string of the molecule is [B]N[C@@H]1CCCc2cc(C=O)ccc21. The number of rotatable bonds is 2. The minimum absolute atomic E-state index is 0.249. The van der Waals surface area contributed by atoms with E-state index in [0.29, 0.717) is 0 Å². The fourth-order valence-corrected chi connectivity index (χ4v) is 2.08. The van der Waals surface area contributed by atoms with Gasteiger partial charge in [0, 0.05) is 11.6 Å². The zero-order chi connectivity index (χ0) is 9.97. The largest absolute Gasteiger partial charge is 0.360 e. The van der Waals surface area contributed by atoms with E-state index in [1.807, 2.05) is 18.2 Å². The molecule has 2 radical (unpaired) electrons. The molecule has 1 aliphatic carbocycles. The summed E-state index contributed by atoms with van der Waals surface area (Å²) in [6, 6.07) is 6.07. The van der Waals surface area contributed by atoms with E-state index in [1.54, 1.807) is 0 Å². The molecule has 1 aromatic rings. The number of hydrogen-bond acceptors (Lipinski definition) is 2. The van der Waals surface area contributed by atoms with Gasteiger partial charge in [0.2, 0.25) is 0 Å². The van der Waals surface area contributed by atoms with Gasteiger partial charge in [-0.3, -0.25) is 4.79 Å². The van der Waals surface area contributed by atoms with Gasteiger partial charge in [-0.25, -0.2) is 0 Å². The Balaban J connectivity index is 2.40. The third-order valence-electron chi connectivity index (χ3n) is 2.82. The Kier molecular flexibility index (Phi) is 2.68. The van der Waals surface area contributed by atoms with Crippen molar-refractivity contribution in [3.05, 3.63) is 34.9 Å². The summed E-state index contributed by atoms with van der Waals surface area (Å²) in [5.41, 5.74) is 3.24. The molecule has 0 saturated carbocycles. The van der Waals surface area contributed by atoms with Crippen molar-refractivity contribution in [1.82, 2.24) is 5.23 Å². The van der Waals surface area contributed by atoms with Gasteiger partial charge in [-0.05, 0) is 36.5 Å². The molecule has 3 heteroatoms. The lowest BCUT2D eigenvalue weighted by molar-refractivity contribution is 0.112. The number of hydrogen-bond donors (Lipinski definition) is 1. The zero-order valence-corrected chi connectivity index (χ0v) is 7.99. The molecule has 0 saturated heterocycles. The van der Waals surface area contributed by atoms with Gasteiger partial charge >= 0.3 is 0 Å². The van der Waals surface area contributed by atoms with Gasteiger partial charge in [-0.15, -0.1) is 0 Å². The summed E-state index contributed by atoms with van der Waals surface area (Å²) in [4.78, 5) is 10.6. The molecular formula is C11H12BNO. The Labute approximate surface area is 85.1 Å². The Morgan fingerprint density at radius 3 is 3.07 bits per heavy atom. The van der Waals surface area contributed by atoms with Gasteiger partial charge < -0.3 is 5.23 Å². The third-order valence-corrected chi connectivity index (χ3v) is 2.82. The summed E-state index contributed by atoms with van der Waals surface area (Å²) in [7, 11) is 5.47. The fourth-order valence-electron chi connectivity index (χ4n) is 2.08. The summed E-state index contributed by atoms with van der Waals surface area (Å²) < 4.78 is 0. The van der Waals surface area contributed by atoms with Crippen LogP contribution < -0.4 is 5.23 Å². The molecular weight excluding hydrogens is 173 g/mol. The van der Waals surface area contributed by atoms with Crippen molar-refractivity contribution < 1.29 is 4.79 Å². The second kappa shape index (κ2) is 3.97.